The molecule has 0 aromatic heterocycles. The molecule has 0 atom stereocenters. The van der Waals surface area contributed by atoms with E-state index in [9.17, 15) is 13.5 Å². The molecule has 0 aliphatic heterocycles. The first-order valence-corrected chi connectivity index (χ1v) is 10.7. The van der Waals surface area contributed by atoms with Crippen LogP contribution in [0.2, 0.25) is 0 Å². The quantitative estimate of drug-likeness (QED) is 0.377. The Morgan fingerprint density at radius 2 is 1.31 bits per heavy atom. The van der Waals surface area contributed by atoms with Crippen LogP contribution >= 0.6 is 0 Å². The third-order valence-corrected chi connectivity index (χ3v) is 5.63. The summed E-state index contributed by atoms with van der Waals surface area (Å²) in [4.78, 5) is -0.0352. The number of benzene rings is 3. The Bertz CT molecular complexity index is 1210. The highest BCUT2D eigenvalue weighted by atomic mass is 32.2. The highest BCUT2D eigenvalue weighted by molar-refractivity contribution is 7.87. The topological polar surface area (TPSA) is 116 Å². The molecule has 0 aliphatic rings. The van der Waals surface area contributed by atoms with Gasteiger partial charge in [0.15, 0.2) is 23.0 Å². The molecule has 3 aromatic carbocycles. The monoisotopic (exact) mass is 458 g/mol. The molecule has 0 radical (unpaired) electrons. The molecule has 32 heavy (non-hydrogen) atoms. The van der Waals surface area contributed by atoms with E-state index in [2.05, 4.69) is 10.2 Å². The van der Waals surface area contributed by atoms with Gasteiger partial charge < -0.3 is 23.5 Å². The van der Waals surface area contributed by atoms with E-state index in [0.29, 0.717) is 22.9 Å². The summed E-state index contributed by atoms with van der Waals surface area (Å²) in [5, 5.41) is 18.3. The summed E-state index contributed by atoms with van der Waals surface area (Å²) in [6.07, 6.45) is 0. The molecule has 0 heterocycles. The molecule has 0 saturated heterocycles. The average molecular weight is 458 g/mol. The molecule has 3 aromatic rings. The van der Waals surface area contributed by atoms with Crippen molar-refractivity contribution in [1.29, 1.82) is 0 Å². The molecular formula is C22H22N2O7S. The lowest BCUT2D eigenvalue weighted by Gasteiger charge is -2.12. The van der Waals surface area contributed by atoms with Crippen LogP contribution in [-0.4, -0.2) is 34.9 Å². The van der Waals surface area contributed by atoms with Crippen molar-refractivity contribution in [2.75, 3.05) is 21.3 Å². The van der Waals surface area contributed by atoms with E-state index in [1.807, 2.05) is 6.92 Å². The van der Waals surface area contributed by atoms with Gasteiger partial charge in [-0.15, -0.1) is 0 Å². The lowest BCUT2D eigenvalue weighted by Crippen LogP contribution is -2.09. The van der Waals surface area contributed by atoms with Crippen molar-refractivity contribution in [1.82, 2.24) is 0 Å². The molecule has 168 valence electrons. The fourth-order valence-electron chi connectivity index (χ4n) is 2.74. The van der Waals surface area contributed by atoms with Gasteiger partial charge in [-0.3, -0.25) is 0 Å². The lowest BCUT2D eigenvalue weighted by molar-refractivity contribution is 0.324. The Balaban J connectivity index is 1.89. The number of hydrogen-bond acceptors (Lipinski definition) is 9. The van der Waals surface area contributed by atoms with Gasteiger partial charge in [-0.25, -0.2) is 0 Å². The number of phenols is 1. The summed E-state index contributed by atoms with van der Waals surface area (Å²) in [6, 6.07) is 13.4. The maximum atomic E-state index is 12.5. The van der Waals surface area contributed by atoms with Crippen LogP contribution in [0.15, 0.2) is 69.7 Å². The van der Waals surface area contributed by atoms with Crippen LogP contribution in [-0.2, 0) is 10.1 Å². The molecule has 0 fully saturated rings. The van der Waals surface area contributed by atoms with Gasteiger partial charge in [0.25, 0.3) is 0 Å². The van der Waals surface area contributed by atoms with Crippen molar-refractivity contribution in [3.8, 4) is 28.7 Å². The van der Waals surface area contributed by atoms with Gasteiger partial charge in [-0.2, -0.15) is 18.6 Å². The van der Waals surface area contributed by atoms with Gasteiger partial charge >= 0.3 is 10.1 Å². The highest BCUT2D eigenvalue weighted by Crippen LogP contribution is 2.41. The number of nitrogens with zero attached hydrogens (tertiary/aromatic N) is 2. The minimum atomic E-state index is -4.14. The number of azo groups is 1. The van der Waals surface area contributed by atoms with Crippen molar-refractivity contribution < 1.29 is 31.9 Å². The van der Waals surface area contributed by atoms with Crippen LogP contribution in [0.5, 0.6) is 28.7 Å². The number of rotatable bonds is 8. The minimum absolute atomic E-state index is 0.0352. The fraction of sp³-hybridized carbons (Fsp3) is 0.182. The van der Waals surface area contributed by atoms with Gasteiger partial charge in [0.1, 0.15) is 4.90 Å². The summed E-state index contributed by atoms with van der Waals surface area (Å²) in [7, 11) is 0.314. The number of phenolic OH excluding ortho intramolecular Hbond substituents is 1. The van der Waals surface area contributed by atoms with Crippen molar-refractivity contribution in [2.45, 2.75) is 11.8 Å². The molecule has 1 N–H and O–H groups in total. The second-order valence-corrected chi connectivity index (χ2v) is 8.13. The first kappa shape index (κ1) is 22.9. The predicted octanol–water partition coefficient (Wildman–Crippen LogP) is 4.91. The Labute approximate surface area is 186 Å². The first-order valence-electron chi connectivity index (χ1n) is 9.33. The second kappa shape index (κ2) is 9.56. The van der Waals surface area contributed by atoms with Crippen LogP contribution in [0, 0.1) is 6.92 Å². The number of ether oxygens (including phenoxy) is 3. The molecule has 3 rings (SSSR count). The van der Waals surface area contributed by atoms with Gasteiger partial charge in [-0.05, 0) is 31.2 Å². The molecule has 0 bridgehead atoms. The number of methoxy groups -OCH3 is 3. The SMILES string of the molecule is COc1cc(/N=N/c2ccc(O)c(OS(=O)(=O)c3ccc(C)cc3)c2)cc(OC)c1OC. The molecule has 9 nitrogen and oxygen atoms in total. The molecule has 0 amide bonds. The Morgan fingerprint density at radius 1 is 0.750 bits per heavy atom. The zero-order valence-corrected chi connectivity index (χ0v) is 18.7. The van der Waals surface area contributed by atoms with Crippen molar-refractivity contribution in [2.24, 2.45) is 10.2 Å². The lowest BCUT2D eigenvalue weighted by atomic mass is 10.2. The highest BCUT2D eigenvalue weighted by Gasteiger charge is 2.19. The summed E-state index contributed by atoms with van der Waals surface area (Å²) in [5.41, 5.74) is 1.56. The zero-order valence-electron chi connectivity index (χ0n) is 17.9. The Hall–Kier alpha value is -3.79. The minimum Gasteiger partial charge on any atom is -0.504 e. The number of hydrogen-bond donors (Lipinski definition) is 1. The fourth-order valence-corrected chi connectivity index (χ4v) is 3.68. The molecule has 0 spiro atoms. The Morgan fingerprint density at radius 3 is 1.88 bits per heavy atom. The third-order valence-electron chi connectivity index (χ3n) is 4.38. The first-order chi connectivity index (χ1) is 15.3. The normalized spacial score (nSPS) is 11.4. The maximum Gasteiger partial charge on any atom is 0.339 e. The average Bonchev–Trinajstić information content (AvgIpc) is 2.78. The van der Waals surface area contributed by atoms with E-state index in [1.54, 1.807) is 24.3 Å². The van der Waals surface area contributed by atoms with Crippen LogP contribution < -0.4 is 18.4 Å². The van der Waals surface area contributed by atoms with Gasteiger partial charge in [0.2, 0.25) is 5.75 Å². The van der Waals surface area contributed by atoms with E-state index < -0.39 is 10.1 Å². The maximum absolute atomic E-state index is 12.5. The van der Waals surface area contributed by atoms with Gasteiger partial charge in [0.05, 0.1) is 32.7 Å². The third kappa shape index (κ3) is 5.09. The molecule has 10 heteroatoms. The van der Waals surface area contributed by atoms with Crippen molar-refractivity contribution >= 4 is 21.5 Å². The summed E-state index contributed by atoms with van der Waals surface area (Å²) < 4.78 is 46.0. The van der Waals surface area contributed by atoms with Gasteiger partial charge in [-0.1, -0.05) is 17.7 Å². The molecular weight excluding hydrogens is 436 g/mol. The smallest absolute Gasteiger partial charge is 0.339 e. The van der Waals surface area contributed by atoms with E-state index in [0.717, 1.165) is 5.56 Å². The molecule has 0 aliphatic carbocycles. The van der Waals surface area contributed by atoms with Crippen LogP contribution in [0.4, 0.5) is 11.4 Å². The number of aryl methyl sites for hydroxylation is 1. The summed E-state index contributed by atoms with van der Waals surface area (Å²) in [5.74, 6) is 0.592. The van der Waals surface area contributed by atoms with Crippen molar-refractivity contribution in [3.63, 3.8) is 0 Å². The van der Waals surface area contributed by atoms with Crippen molar-refractivity contribution in [3.05, 3.63) is 60.2 Å². The molecule has 0 unspecified atom stereocenters. The van der Waals surface area contributed by atoms with E-state index in [-0.39, 0.29) is 22.1 Å². The van der Waals surface area contributed by atoms with Crippen LogP contribution in [0.3, 0.4) is 0 Å². The Kier molecular flexibility index (Phi) is 6.84. The van der Waals surface area contributed by atoms with Crippen LogP contribution in [0.25, 0.3) is 0 Å². The number of aromatic hydroxyl groups is 1. The van der Waals surface area contributed by atoms with Gasteiger partial charge in [0, 0.05) is 18.2 Å². The van der Waals surface area contributed by atoms with E-state index in [1.165, 1.54) is 51.7 Å². The standard InChI is InChI=1S/C22H22N2O7S/c1-14-5-8-17(9-6-14)32(26,27)31-19-11-15(7-10-18(19)25)23-24-16-12-20(28-2)22(30-4)21(13-16)29-3/h5-13,25H,1-4H3/b24-23+. The van der Waals surface area contributed by atoms with E-state index >= 15 is 0 Å². The zero-order chi connectivity index (χ0) is 23.3. The second-order valence-electron chi connectivity index (χ2n) is 6.59. The predicted molar refractivity (Wildman–Crippen MR) is 117 cm³/mol. The summed E-state index contributed by atoms with van der Waals surface area (Å²) >= 11 is 0. The van der Waals surface area contributed by atoms with Crippen LogP contribution in [0.1, 0.15) is 5.56 Å². The van der Waals surface area contributed by atoms with E-state index in [4.69, 9.17) is 18.4 Å². The molecule has 0 saturated carbocycles. The largest absolute Gasteiger partial charge is 0.504 e. The summed E-state index contributed by atoms with van der Waals surface area (Å²) in [6.45, 7) is 1.84.